The molecular formula is C30H38F2N4O. The molecule has 4 rings (SSSR count). The molecule has 0 amide bonds. The monoisotopic (exact) mass is 508 g/mol. The van der Waals surface area contributed by atoms with E-state index < -0.39 is 5.92 Å². The summed E-state index contributed by atoms with van der Waals surface area (Å²) in [5.74, 6) is -1.93. The van der Waals surface area contributed by atoms with E-state index in [0.717, 1.165) is 47.3 Å². The van der Waals surface area contributed by atoms with Crippen molar-refractivity contribution < 1.29 is 8.78 Å². The number of hydrogen-bond donors (Lipinski definition) is 1. The lowest BCUT2D eigenvalue weighted by molar-refractivity contribution is -0.0384. The molecule has 0 unspecified atom stereocenters. The van der Waals surface area contributed by atoms with Gasteiger partial charge in [-0.05, 0) is 67.9 Å². The minimum Gasteiger partial charge on any atom is -0.304 e. The third-order valence-electron chi connectivity index (χ3n) is 7.70. The number of nitrogens with zero attached hydrogens (tertiary/aromatic N) is 3. The summed E-state index contributed by atoms with van der Waals surface area (Å²) in [4.78, 5) is 23.5. The van der Waals surface area contributed by atoms with Gasteiger partial charge in [-0.25, -0.2) is 18.7 Å². The van der Waals surface area contributed by atoms with Crippen LogP contribution in [0, 0.1) is 18.3 Å². The van der Waals surface area contributed by atoms with Crippen molar-refractivity contribution in [1.29, 1.82) is 5.41 Å². The van der Waals surface area contributed by atoms with Crippen molar-refractivity contribution in [3.8, 4) is 5.69 Å². The van der Waals surface area contributed by atoms with Crippen LogP contribution in [0.5, 0.6) is 0 Å². The molecule has 1 aromatic carbocycles. The Morgan fingerprint density at radius 3 is 2.46 bits per heavy atom. The molecule has 7 heteroatoms. The summed E-state index contributed by atoms with van der Waals surface area (Å²) in [5, 5.41) is 9.18. The first-order valence-electron chi connectivity index (χ1n) is 13.6. The normalized spacial score (nSPS) is 16.0. The average Bonchev–Trinajstić information content (AvgIpc) is 2.87. The van der Waals surface area contributed by atoms with Crippen molar-refractivity contribution in [2.45, 2.75) is 97.8 Å². The topological polar surface area (TPSA) is 71.6 Å². The molecule has 0 spiro atoms. The van der Waals surface area contributed by atoms with Crippen LogP contribution in [0.15, 0.2) is 29.1 Å². The highest BCUT2D eigenvalue weighted by atomic mass is 19.3. The van der Waals surface area contributed by atoms with Crippen molar-refractivity contribution in [3.05, 3.63) is 62.8 Å². The summed E-state index contributed by atoms with van der Waals surface area (Å²) in [6.45, 7) is 10.2. The Labute approximate surface area is 217 Å². The molecule has 0 aliphatic heterocycles. The lowest BCUT2D eigenvalue weighted by Gasteiger charge is -2.27. The summed E-state index contributed by atoms with van der Waals surface area (Å²) in [5.41, 5.74) is 5.18. The van der Waals surface area contributed by atoms with Gasteiger partial charge in [-0.15, -0.1) is 0 Å². The molecule has 1 aliphatic carbocycles. The molecule has 198 valence electrons. The van der Waals surface area contributed by atoms with E-state index in [9.17, 15) is 13.6 Å². The fourth-order valence-electron chi connectivity index (χ4n) is 5.40. The van der Waals surface area contributed by atoms with Gasteiger partial charge in [0.15, 0.2) is 5.65 Å². The highest BCUT2D eigenvalue weighted by molar-refractivity contribution is 6.02. The Balaban J connectivity index is 1.88. The summed E-state index contributed by atoms with van der Waals surface area (Å²) in [6.07, 6.45) is 3.76. The van der Waals surface area contributed by atoms with E-state index in [1.54, 1.807) is 10.6 Å². The van der Waals surface area contributed by atoms with Gasteiger partial charge in [-0.3, -0.25) is 9.36 Å². The number of aromatic nitrogens is 3. The molecule has 2 heterocycles. The molecule has 2 aromatic heterocycles. The quantitative estimate of drug-likeness (QED) is 0.324. The summed E-state index contributed by atoms with van der Waals surface area (Å²) < 4.78 is 29.1. The van der Waals surface area contributed by atoms with Crippen molar-refractivity contribution in [2.75, 3.05) is 0 Å². The first kappa shape index (κ1) is 27.1. The highest BCUT2D eigenvalue weighted by Crippen LogP contribution is 2.40. The van der Waals surface area contributed by atoms with Crippen molar-refractivity contribution >= 4 is 16.7 Å². The van der Waals surface area contributed by atoms with Crippen LogP contribution >= 0.6 is 0 Å². The second kappa shape index (κ2) is 10.8. The molecule has 0 saturated heterocycles. The Morgan fingerprint density at radius 2 is 1.84 bits per heavy atom. The largest absolute Gasteiger partial charge is 0.304 e. The smallest absolute Gasteiger partial charge is 0.267 e. The first-order chi connectivity index (χ1) is 17.6. The third-order valence-corrected chi connectivity index (χ3v) is 7.70. The van der Waals surface area contributed by atoms with Crippen molar-refractivity contribution in [1.82, 2.24) is 14.5 Å². The maximum Gasteiger partial charge on any atom is 0.267 e. The summed E-state index contributed by atoms with van der Waals surface area (Å²) >= 11 is 0. The number of nitrogens with one attached hydrogen (secondary N) is 1. The van der Waals surface area contributed by atoms with Crippen LogP contribution in [-0.4, -0.2) is 26.2 Å². The Hall–Kier alpha value is -2.96. The van der Waals surface area contributed by atoms with E-state index in [1.165, 1.54) is 0 Å². The highest BCUT2D eigenvalue weighted by Gasteiger charge is 2.36. The van der Waals surface area contributed by atoms with E-state index in [4.69, 9.17) is 15.4 Å². The Morgan fingerprint density at radius 1 is 1.14 bits per heavy atom. The number of halogens is 2. The number of unbranched alkanes of at least 4 members (excludes halogenated alkanes) is 1. The summed E-state index contributed by atoms with van der Waals surface area (Å²) in [7, 11) is 0. The van der Waals surface area contributed by atoms with Gasteiger partial charge < -0.3 is 5.41 Å². The molecule has 5 nitrogen and oxygen atoms in total. The van der Waals surface area contributed by atoms with Gasteiger partial charge in [0.2, 0.25) is 5.92 Å². The molecule has 1 N–H and O–H groups in total. The van der Waals surface area contributed by atoms with Crippen LogP contribution in [0.3, 0.4) is 0 Å². The van der Waals surface area contributed by atoms with Crippen LogP contribution in [0.4, 0.5) is 8.78 Å². The van der Waals surface area contributed by atoms with Crippen LogP contribution in [-0.2, 0) is 12.8 Å². The second-order valence-corrected chi connectivity index (χ2v) is 10.7. The van der Waals surface area contributed by atoms with Crippen molar-refractivity contribution in [3.63, 3.8) is 0 Å². The van der Waals surface area contributed by atoms with Gasteiger partial charge in [0.25, 0.3) is 5.56 Å². The molecule has 3 aromatic rings. The number of benzene rings is 1. The second-order valence-electron chi connectivity index (χ2n) is 10.7. The van der Waals surface area contributed by atoms with E-state index in [-0.39, 0.29) is 30.2 Å². The van der Waals surface area contributed by atoms with Gasteiger partial charge >= 0.3 is 0 Å². The molecule has 37 heavy (non-hydrogen) atoms. The Bertz CT molecular complexity index is 1370. The van der Waals surface area contributed by atoms with Gasteiger partial charge in [-0.2, -0.15) is 0 Å². The van der Waals surface area contributed by atoms with Gasteiger partial charge in [0.1, 0.15) is 5.82 Å². The number of pyridine rings is 1. The molecule has 1 fully saturated rings. The molecule has 0 atom stereocenters. The molecular weight excluding hydrogens is 470 g/mol. The SMILES string of the molecule is CCCCc1nc2nc(C3CCC(F)(F)CC3)ccc2c(=O)n1-c1ccc(CC)c(C(=N)C(C)C)c1C. The molecule has 0 radical (unpaired) electrons. The number of hydrogen-bond acceptors (Lipinski definition) is 4. The van der Waals surface area contributed by atoms with Gasteiger partial charge in [0.05, 0.1) is 11.1 Å². The number of alkyl halides is 2. The van der Waals surface area contributed by atoms with Gasteiger partial charge in [-0.1, -0.05) is 40.2 Å². The fraction of sp³-hybridized carbons (Fsp3) is 0.533. The third kappa shape index (κ3) is 5.36. The number of aryl methyl sites for hydroxylation is 2. The van der Waals surface area contributed by atoms with E-state index in [2.05, 4.69) is 13.8 Å². The lowest BCUT2D eigenvalue weighted by Crippen LogP contribution is -2.27. The summed E-state index contributed by atoms with van der Waals surface area (Å²) in [6, 6.07) is 7.56. The Kier molecular flexibility index (Phi) is 7.91. The minimum atomic E-state index is -2.59. The minimum absolute atomic E-state index is 0.0409. The van der Waals surface area contributed by atoms with Crippen LogP contribution in [0.1, 0.15) is 100 Å². The standard InChI is InChI=1S/C30H38F2N4O/c1-6-8-9-25-35-28-22(11-12-23(34-28)21-14-16-30(31,32)17-15-21)29(37)36(25)24-13-10-20(7-2)26(19(24)5)27(33)18(3)4/h10-13,18,21,33H,6-9,14-17H2,1-5H3. The lowest BCUT2D eigenvalue weighted by atomic mass is 9.84. The van der Waals surface area contributed by atoms with Crippen LogP contribution < -0.4 is 5.56 Å². The van der Waals surface area contributed by atoms with E-state index in [0.29, 0.717) is 41.8 Å². The maximum absolute atomic E-state index is 13.9. The van der Waals surface area contributed by atoms with Crippen LogP contribution in [0.2, 0.25) is 0 Å². The fourth-order valence-corrected chi connectivity index (χ4v) is 5.40. The zero-order chi connectivity index (χ0) is 26.9. The average molecular weight is 509 g/mol. The predicted octanol–water partition coefficient (Wildman–Crippen LogP) is 7.31. The zero-order valence-corrected chi connectivity index (χ0v) is 22.6. The molecule has 1 aliphatic rings. The zero-order valence-electron chi connectivity index (χ0n) is 22.6. The van der Waals surface area contributed by atoms with Gasteiger partial charge in [0, 0.05) is 42.1 Å². The molecule has 1 saturated carbocycles. The van der Waals surface area contributed by atoms with E-state index >= 15 is 0 Å². The molecule has 0 bridgehead atoms. The van der Waals surface area contributed by atoms with Crippen molar-refractivity contribution in [2.24, 2.45) is 5.92 Å². The van der Waals surface area contributed by atoms with E-state index in [1.807, 2.05) is 39.0 Å². The first-order valence-corrected chi connectivity index (χ1v) is 13.6. The number of fused-ring (bicyclic) bond motifs is 1. The maximum atomic E-state index is 13.9. The van der Waals surface area contributed by atoms with Crippen LogP contribution in [0.25, 0.3) is 16.7 Å². The predicted molar refractivity (Wildman–Crippen MR) is 146 cm³/mol. The number of rotatable bonds is 8.